The minimum atomic E-state index is 0.0224. The molecule has 0 spiro atoms. The summed E-state index contributed by atoms with van der Waals surface area (Å²) >= 11 is 7.69. The fourth-order valence-corrected chi connectivity index (χ4v) is 4.29. The molecule has 0 radical (unpaired) electrons. The lowest BCUT2D eigenvalue weighted by Gasteiger charge is -2.32. The van der Waals surface area contributed by atoms with Crippen LogP contribution in [-0.2, 0) is 0 Å². The molecule has 4 rings (SSSR count). The maximum Gasteiger partial charge on any atom is 0.173 e. The second kappa shape index (κ2) is 7.33. The van der Waals surface area contributed by atoms with Crippen molar-refractivity contribution in [3.63, 3.8) is 0 Å². The molecule has 1 unspecified atom stereocenters. The number of hydrogen-bond donors (Lipinski definition) is 0. The zero-order chi connectivity index (χ0) is 19.0. The van der Waals surface area contributed by atoms with E-state index in [9.17, 15) is 0 Å². The quantitative estimate of drug-likeness (QED) is 0.659. The van der Waals surface area contributed by atoms with Crippen LogP contribution in [0.2, 0.25) is 5.02 Å². The number of thioether (sulfide) groups is 1. The number of allylic oxidation sites excluding steroid dienone is 1. The van der Waals surface area contributed by atoms with Gasteiger partial charge in [0, 0.05) is 16.3 Å². The summed E-state index contributed by atoms with van der Waals surface area (Å²) in [5.41, 5.74) is 4.27. The average Bonchev–Trinajstić information content (AvgIpc) is 3.08. The van der Waals surface area contributed by atoms with Gasteiger partial charge in [0.25, 0.3) is 0 Å². The second-order valence-electron chi connectivity index (χ2n) is 6.26. The standard InChI is InChI=1S/C21H19ClN2O2S/c1-13-12-27-21-23-17(14-4-7-16(22)8-5-14)11-18(24(13)21)15-6-9-19(25-2)20(10-15)26-3/h4-12,18H,1-3H3. The SMILES string of the molecule is COc1ccc(C2C=C(c3ccc(Cl)cc3)N=C3SC=C(C)N32)cc1OC. The molecule has 0 amide bonds. The van der Waals surface area contributed by atoms with E-state index in [0.717, 1.165) is 27.7 Å². The Morgan fingerprint density at radius 3 is 2.48 bits per heavy atom. The highest BCUT2D eigenvalue weighted by molar-refractivity contribution is 8.16. The summed E-state index contributed by atoms with van der Waals surface area (Å²) in [6.45, 7) is 2.10. The van der Waals surface area contributed by atoms with Crippen LogP contribution in [0.3, 0.4) is 0 Å². The highest BCUT2D eigenvalue weighted by Gasteiger charge is 2.32. The van der Waals surface area contributed by atoms with E-state index in [2.05, 4.69) is 29.4 Å². The molecule has 2 aromatic carbocycles. The normalized spacial score (nSPS) is 18.4. The van der Waals surface area contributed by atoms with Gasteiger partial charge in [0.05, 0.1) is 26.0 Å². The number of hydrogen-bond acceptors (Lipinski definition) is 5. The number of rotatable bonds is 4. The van der Waals surface area contributed by atoms with E-state index >= 15 is 0 Å². The van der Waals surface area contributed by atoms with Crippen molar-refractivity contribution in [1.82, 2.24) is 4.90 Å². The van der Waals surface area contributed by atoms with Crippen molar-refractivity contribution in [2.75, 3.05) is 14.2 Å². The number of ether oxygens (including phenoxy) is 2. The van der Waals surface area contributed by atoms with Gasteiger partial charge in [-0.2, -0.15) is 0 Å². The zero-order valence-corrected chi connectivity index (χ0v) is 16.8. The Kier molecular flexibility index (Phi) is 4.89. The van der Waals surface area contributed by atoms with Gasteiger partial charge in [0.15, 0.2) is 16.7 Å². The van der Waals surface area contributed by atoms with Crippen molar-refractivity contribution in [2.45, 2.75) is 13.0 Å². The molecule has 27 heavy (non-hydrogen) atoms. The van der Waals surface area contributed by atoms with E-state index in [1.54, 1.807) is 26.0 Å². The highest BCUT2D eigenvalue weighted by atomic mass is 35.5. The minimum absolute atomic E-state index is 0.0224. The van der Waals surface area contributed by atoms with E-state index in [-0.39, 0.29) is 6.04 Å². The molecule has 4 nitrogen and oxygen atoms in total. The predicted octanol–water partition coefficient (Wildman–Crippen LogP) is 5.72. The molecular weight excluding hydrogens is 380 g/mol. The lowest BCUT2D eigenvalue weighted by atomic mass is 10.00. The Morgan fingerprint density at radius 2 is 1.78 bits per heavy atom. The van der Waals surface area contributed by atoms with Gasteiger partial charge in [-0.15, -0.1) is 0 Å². The summed E-state index contributed by atoms with van der Waals surface area (Å²) in [5.74, 6) is 1.44. The van der Waals surface area contributed by atoms with Crippen LogP contribution in [0.5, 0.6) is 11.5 Å². The molecule has 0 bridgehead atoms. The molecule has 2 aromatic rings. The first-order chi connectivity index (χ1) is 13.1. The Morgan fingerprint density at radius 1 is 1.04 bits per heavy atom. The van der Waals surface area contributed by atoms with Crippen LogP contribution >= 0.6 is 23.4 Å². The minimum Gasteiger partial charge on any atom is -0.493 e. The molecule has 2 aliphatic rings. The van der Waals surface area contributed by atoms with Crippen LogP contribution in [-0.4, -0.2) is 24.3 Å². The van der Waals surface area contributed by atoms with E-state index in [4.69, 9.17) is 26.1 Å². The van der Waals surface area contributed by atoms with Gasteiger partial charge in [-0.25, -0.2) is 4.99 Å². The molecule has 138 valence electrons. The predicted molar refractivity (Wildman–Crippen MR) is 112 cm³/mol. The van der Waals surface area contributed by atoms with Crippen molar-refractivity contribution in [3.05, 3.63) is 75.8 Å². The van der Waals surface area contributed by atoms with E-state index in [0.29, 0.717) is 10.8 Å². The van der Waals surface area contributed by atoms with Gasteiger partial charge in [0.1, 0.15) is 0 Å². The van der Waals surface area contributed by atoms with Gasteiger partial charge in [-0.1, -0.05) is 41.6 Å². The lowest BCUT2D eigenvalue weighted by Crippen LogP contribution is -2.30. The molecule has 0 aliphatic carbocycles. The summed E-state index contributed by atoms with van der Waals surface area (Å²) < 4.78 is 10.9. The molecule has 0 saturated carbocycles. The van der Waals surface area contributed by atoms with Crippen molar-refractivity contribution in [3.8, 4) is 11.5 Å². The number of benzene rings is 2. The third-order valence-electron chi connectivity index (χ3n) is 4.62. The smallest absolute Gasteiger partial charge is 0.173 e. The lowest BCUT2D eigenvalue weighted by molar-refractivity contribution is 0.353. The third kappa shape index (κ3) is 3.33. The first kappa shape index (κ1) is 18.0. The maximum atomic E-state index is 6.04. The van der Waals surface area contributed by atoms with Gasteiger partial charge in [-0.3, -0.25) is 0 Å². The summed E-state index contributed by atoms with van der Waals surface area (Å²) in [6, 6.07) is 13.8. The van der Waals surface area contributed by atoms with Crippen molar-refractivity contribution < 1.29 is 9.47 Å². The van der Waals surface area contributed by atoms with Crippen LogP contribution in [0.25, 0.3) is 5.70 Å². The largest absolute Gasteiger partial charge is 0.493 e. The highest BCUT2D eigenvalue weighted by Crippen LogP contribution is 2.43. The van der Waals surface area contributed by atoms with Gasteiger partial charge in [-0.05, 0) is 48.2 Å². The second-order valence-corrected chi connectivity index (χ2v) is 7.53. The van der Waals surface area contributed by atoms with E-state index in [1.165, 1.54) is 5.70 Å². The molecule has 0 saturated heterocycles. The Bertz CT molecular complexity index is 967. The van der Waals surface area contributed by atoms with Gasteiger partial charge < -0.3 is 14.4 Å². The Labute approximate surface area is 168 Å². The van der Waals surface area contributed by atoms with E-state index in [1.807, 2.05) is 36.4 Å². The number of methoxy groups -OCH3 is 2. The number of amidine groups is 1. The number of fused-ring (bicyclic) bond motifs is 1. The van der Waals surface area contributed by atoms with Crippen LogP contribution in [0, 0.1) is 0 Å². The fraction of sp³-hybridized carbons (Fsp3) is 0.190. The molecule has 2 aliphatic heterocycles. The summed E-state index contributed by atoms with van der Waals surface area (Å²) in [4.78, 5) is 7.10. The Hall–Kier alpha value is -2.37. The van der Waals surface area contributed by atoms with Gasteiger partial charge in [0.2, 0.25) is 0 Å². The van der Waals surface area contributed by atoms with Crippen LogP contribution in [0.4, 0.5) is 0 Å². The molecule has 1 atom stereocenters. The molecule has 0 N–H and O–H groups in total. The maximum absolute atomic E-state index is 6.04. The number of halogens is 1. The molecule has 6 heteroatoms. The Balaban J connectivity index is 1.80. The summed E-state index contributed by atoms with van der Waals surface area (Å²) in [6.07, 6.45) is 2.18. The number of aliphatic imine (C=N–C) groups is 1. The fourth-order valence-electron chi connectivity index (χ4n) is 3.25. The monoisotopic (exact) mass is 398 g/mol. The van der Waals surface area contributed by atoms with Gasteiger partial charge >= 0.3 is 0 Å². The molecule has 2 heterocycles. The van der Waals surface area contributed by atoms with Crippen LogP contribution in [0.15, 0.2) is 64.6 Å². The third-order valence-corrected chi connectivity index (χ3v) is 5.83. The topological polar surface area (TPSA) is 34.1 Å². The van der Waals surface area contributed by atoms with Crippen LogP contribution < -0.4 is 9.47 Å². The molecule has 0 aromatic heterocycles. The van der Waals surface area contributed by atoms with Crippen molar-refractivity contribution in [2.24, 2.45) is 4.99 Å². The molecule has 0 fully saturated rings. The zero-order valence-electron chi connectivity index (χ0n) is 15.3. The first-order valence-corrected chi connectivity index (χ1v) is 9.77. The molecular formula is C21H19ClN2O2S. The van der Waals surface area contributed by atoms with Crippen molar-refractivity contribution >= 4 is 34.2 Å². The van der Waals surface area contributed by atoms with Crippen molar-refractivity contribution in [1.29, 1.82) is 0 Å². The average molecular weight is 399 g/mol. The summed E-state index contributed by atoms with van der Waals surface area (Å²) in [5, 5.41) is 3.82. The van der Waals surface area contributed by atoms with E-state index < -0.39 is 0 Å². The number of nitrogens with zero attached hydrogens (tertiary/aromatic N) is 2. The summed E-state index contributed by atoms with van der Waals surface area (Å²) in [7, 11) is 3.30. The first-order valence-electron chi connectivity index (χ1n) is 8.51. The van der Waals surface area contributed by atoms with Crippen LogP contribution in [0.1, 0.15) is 24.1 Å².